The molecule has 0 aliphatic carbocycles. The minimum Gasteiger partial charge on any atom is -0.481 e. The number of benzene rings is 1. The summed E-state index contributed by atoms with van der Waals surface area (Å²) in [6, 6.07) is 7.64. The Morgan fingerprint density at radius 2 is 2.05 bits per heavy atom. The van der Waals surface area contributed by atoms with Gasteiger partial charge in [-0.2, -0.15) is 0 Å². The number of carboxylic acids is 1. The smallest absolute Gasteiger partial charge is 0.307 e. The van der Waals surface area contributed by atoms with E-state index in [0.717, 1.165) is 16.6 Å². The summed E-state index contributed by atoms with van der Waals surface area (Å²) in [6.07, 6.45) is -0.0746. The lowest BCUT2D eigenvalue weighted by Crippen LogP contribution is -2.24. The molecule has 106 valence electrons. The molecule has 2 N–H and O–H groups in total. The van der Waals surface area contributed by atoms with E-state index < -0.39 is 5.97 Å². The van der Waals surface area contributed by atoms with Crippen LogP contribution in [-0.4, -0.2) is 41.4 Å². The Kier molecular flexibility index (Phi) is 4.20. The second kappa shape index (κ2) is 5.88. The summed E-state index contributed by atoms with van der Waals surface area (Å²) < 4.78 is 0. The van der Waals surface area contributed by atoms with Crippen LogP contribution in [0.3, 0.4) is 0 Å². The molecule has 5 heteroatoms. The van der Waals surface area contributed by atoms with Gasteiger partial charge >= 0.3 is 5.97 Å². The molecule has 0 aliphatic heterocycles. The Hall–Kier alpha value is -2.14. The molecule has 1 heterocycles. The van der Waals surface area contributed by atoms with Gasteiger partial charge in [-0.3, -0.25) is 9.78 Å². The van der Waals surface area contributed by atoms with E-state index >= 15 is 0 Å². The Bertz CT molecular complexity index is 640. The van der Waals surface area contributed by atoms with Gasteiger partial charge in [0.15, 0.2) is 0 Å². The quantitative estimate of drug-likeness (QED) is 0.866. The zero-order chi connectivity index (χ0) is 14.7. The van der Waals surface area contributed by atoms with E-state index in [9.17, 15) is 4.79 Å². The fourth-order valence-corrected chi connectivity index (χ4v) is 2.41. The van der Waals surface area contributed by atoms with Crippen LogP contribution in [0.2, 0.25) is 0 Å². The molecular formula is C15H18N2O3. The molecule has 2 aromatic rings. The number of aliphatic carboxylic acids is 1. The van der Waals surface area contributed by atoms with Gasteiger partial charge in [-0.05, 0) is 13.0 Å². The number of carbonyl (C=O) groups is 1. The van der Waals surface area contributed by atoms with Crippen LogP contribution >= 0.6 is 0 Å². The zero-order valence-electron chi connectivity index (χ0n) is 11.6. The summed E-state index contributed by atoms with van der Waals surface area (Å²) in [5.74, 6) is -0.885. The second-order valence-corrected chi connectivity index (χ2v) is 4.76. The number of aromatic nitrogens is 1. The van der Waals surface area contributed by atoms with Crippen molar-refractivity contribution in [1.82, 2.24) is 4.98 Å². The standard InChI is InChI=1S/C15H18N2O3/c1-10-12(9-14(19)20)15(17(2)7-8-18)11-5-3-4-6-13(11)16-10/h3-6,18H,7-9H2,1-2H3,(H,19,20). The molecule has 0 fully saturated rings. The maximum atomic E-state index is 11.1. The molecule has 0 saturated heterocycles. The summed E-state index contributed by atoms with van der Waals surface area (Å²) in [5, 5.41) is 19.2. The van der Waals surface area contributed by atoms with Gasteiger partial charge in [0.2, 0.25) is 0 Å². The first-order chi connectivity index (χ1) is 9.54. The van der Waals surface area contributed by atoms with E-state index in [-0.39, 0.29) is 13.0 Å². The lowest BCUT2D eigenvalue weighted by molar-refractivity contribution is -0.136. The van der Waals surface area contributed by atoms with Gasteiger partial charge < -0.3 is 15.1 Å². The van der Waals surface area contributed by atoms with Gasteiger partial charge in [0.25, 0.3) is 0 Å². The number of fused-ring (bicyclic) bond motifs is 1. The number of rotatable bonds is 5. The topological polar surface area (TPSA) is 73.7 Å². The van der Waals surface area contributed by atoms with Crippen LogP contribution in [-0.2, 0) is 11.2 Å². The Morgan fingerprint density at radius 1 is 1.35 bits per heavy atom. The predicted octanol–water partition coefficient (Wildman–Crippen LogP) is 1.60. The third-order valence-corrected chi connectivity index (χ3v) is 3.32. The van der Waals surface area contributed by atoms with Gasteiger partial charge in [0.05, 0.1) is 24.2 Å². The fourth-order valence-electron chi connectivity index (χ4n) is 2.41. The largest absolute Gasteiger partial charge is 0.481 e. The number of para-hydroxylation sites is 1. The van der Waals surface area contributed by atoms with Crippen molar-refractivity contribution in [3.8, 4) is 0 Å². The summed E-state index contributed by atoms with van der Waals surface area (Å²) in [4.78, 5) is 17.5. The van der Waals surface area contributed by atoms with Crippen molar-refractivity contribution in [1.29, 1.82) is 0 Å². The molecule has 5 nitrogen and oxygen atoms in total. The molecule has 0 radical (unpaired) electrons. The van der Waals surface area contributed by atoms with Crippen LogP contribution in [0.25, 0.3) is 10.9 Å². The SMILES string of the molecule is Cc1nc2ccccc2c(N(C)CCO)c1CC(=O)O. The van der Waals surface area contributed by atoms with Crippen molar-refractivity contribution in [3.05, 3.63) is 35.5 Å². The minimum atomic E-state index is -0.885. The number of nitrogens with zero attached hydrogens (tertiary/aromatic N) is 2. The summed E-state index contributed by atoms with van der Waals surface area (Å²) in [6.45, 7) is 2.28. The molecule has 0 bridgehead atoms. The monoisotopic (exact) mass is 274 g/mol. The predicted molar refractivity (Wildman–Crippen MR) is 78.2 cm³/mol. The number of hydrogen-bond acceptors (Lipinski definition) is 4. The highest BCUT2D eigenvalue weighted by Gasteiger charge is 2.17. The number of anilines is 1. The van der Waals surface area contributed by atoms with Gasteiger partial charge in [-0.25, -0.2) is 0 Å². The third kappa shape index (κ3) is 2.72. The zero-order valence-corrected chi connectivity index (χ0v) is 11.6. The number of aryl methyl sites for hydroxylation is 1. The lowest BCUT2D eigenvalue weighted by atomic mass is 10.0. The molecule has 1 aromatic heterocycles. The normalized spacial score (nSPS) is 10.8. The van der Waals surface area contributed by atoms with E-state index in [0.29, 0.717) is 17.8 Å². The van der Waals surface area contributed by atoms with Gasteiger partial charge in [-0.15, -0.1) is 0 Å². The number of carboxylic acid groups (broad SMARTS) is 1. The van der Waals surface area contributed by atoms with Gasteiger partial charge in [-0.1, -0.05) is 18.2 Å². The maximum Gasteiger partial charge on any atom is 0.307 e. The molecule has 0 spiro atoms. The molecule has 2 rings (SSSR count). The lowest BCUT2D eigenvalue weighted by Gasteiger charge is -2.24. The van der Waals surface area contributed by atoms with Crippen LogP contribution in [0.4, 0.5) is 5.69 Å². The van der Waals surface area contributed by atoms with Crippen molar-refractivity contribution in [2.45, 2.75) is 13.3 Å². The van der Waals surface area contributed by atoms with Crippen LogP contribution in [0, 0.1) is 6.92 Å². The average molecular weight is 274 g/mol. The van der Waals surface area contributed by atoms with Crippen molar-refractivity contribution >= 4 is 22.6 Å². The van der Waals surface area contributed by atoms with E-state index in [4.69, 9.17) is 10.2 Å². The molecular weight excluding hydrogens is 256 g/mol. The number of aliphatic hydroxyl groups is 1. The summed E-state index contributed by atoms with van der Waals surface area (Å²) >= 11 is 0. The van der Waals surface area contributed by atoms with Crippen LogP contribution in [0.1, 0.15) is 11.3 Å². The van der Waals surface area contributed by atoms with Crippen molar-refractivity contribution in [2.24, 2.45) is 0 Å². The minimum absolute atomic E-state index is 0.0126. The third-order valence-electron chi connectivity index (χ3n) is 3.32. The van der Waals surface area contributed by atoms with Gasteiger partial charge in [0.1, 0.15) is 0 Å². The highest BCUT2D eigenvalue weighted by molar-refractivity contribution is 5.95. The molecule has 1 aromatic carbocycles. The second-order valence-electron chi connectivity index (χ2n) is 4.76. The van der Waals surface area contributed by atoms with E-state index in [1.807, 2.05) is 43.1 Å². The Morgan fingerprint density at radius 3 is 2.70 bits per heavy atom. The van der Waals surface area contributed by atoms with Crippen LogP contribution < -0.4 is 4.90 Å². The fraction of sp³-hybridized carbons (Fsp3) is 0.333. The molecule has 0 unspecified atom stereocenters. The van der Waals surface area contributed by atoms with Gasteiger partial charge in [0, 0.05) is 30.2 Å². The molecule has 0 atom stereocenters. The van der Waals surface area contributed by atoms with E-state index in [2.05, 4.69) is 4.98 Å². The molecule has 0 amide bonds. The van der Waals surface area contributed by atoms with Crippen molar-refractivity contribution in [2.75, 3.05) is 25.1 Å². The Labute approximate surface area is 117 Å². The van der Waals surface area contributed by atoms with E-state index in [1.165, 1.54) is 0 Å². The molecule has 0 saturated carbocycles. The number of hydrogen-bond donors (Lipinski definition) is 2. The number of likely N-dealkylation sites (N-methyl/N-ethyl adjacent to an activating group) is 1. The van der Waals surface area contributed by atoms with Crippen molar-refractivity contribution in [3.63, 3.8) is 0 Å². The summed E-state index contributed by atoms with van der Waals surface area (Å²) in [7, 11) is 1.85. The summed E-state index contributed by atoms with van der Waals surface area (Å²) in [5.41, 5.74) is 3.08. The number of pyridine rings is 1. The first-order valence-electron chi connectivity index (χ1n) is 6.46. The van der Waals surface area contributed by atoms with Crippen molar-refractivity contribution < 1.29 is 15.0 Å². The van der Waals surface area contributed by atoms with E-state index in [1.54, 1.807) is 0 Å². The van der Waals surface area contributed by atoms with Crippen LogP contribution in [0.15, 0.2) is 24.3 Å². The first kappa shape index (κ1) is 14.3. The molecule has 20 heavy (non-hydrogen) atoms. The average Bonchev–Trinajstić information content (AvgIpc) is 2.39. The highest BCUT2D eigenvalue weighted by Crippen LogP contribution is 2.31. The first-order valence-corrected chi connectivity index (χ1v) is 6.46. The van der Waals surface area contributed by atoms with Crippen LogP contribution in [0.5, 0.6) is 0 Å². The Balaban J connectivity index is 2.71. The maximum absolute atomic E-state index is 11.1. The highest BCUT2D eigenvalue weighted by atomic mass is 16.4. The molecule has 0 aliphatic rings. The number of aliphatic hydroxyl groups excluding tert-OH is 1.